The first-order valence-corrected chi connectivity index (χ1v) is 11.3. The Hall–Kier alpha value is -2.37. The van der Waals surface area contributed by atoms with Gasteiger partial charge >= 0.3 is 0 Å². The lowest BCUT2D eigenvalue weighted by Crippen LogP contribution is -2.44. The SMILES string of the molecule is CCc1ccc([C@H](CNC(=O)C2CCN(C(=O)c3ccc(Cl)cc3)CC2)N(C)C)cc1. The van der Waals surface area contributed by atoms with E-state index >= 15 is 0 Å². The molecule has 6 heteroatoms. The van der Waals surface area contributed by atoms with Crippen molar-refractivity contribution < 1.29 is 9.59 Å². The van der Waals surface area contributed by atoms with E-state index in [1.54, 1.807) is 24.3 Å². The second-order valence-electron chi connectivity index (χ2n) is 8.39. The molecule has 1 fully saturated rings. The predicted octanol–water partition coefficient (Wildman–Crippen LogP) is 4.17. The van der Waals surface area contributed by atoms with E-state index in [0.29, 0.717) is 43.1 Å². The van der Waals surface area contributed by atoms with E-state index in [4.69, 9.17) is 11.6 Å². The van der Waals surface area contributed by atoms with Crippen molar-refractivity contribution in [2.24, 2.45) is 5.92 Å². The van der Waals surface area contributed by atoms with Crippen molar-refractivity contribution in [3.8, 4) is 0 Å². The number of carbonyl (C=O) groups is 2. The Labute approximate surface area is 190 Å². The minimum atomic E-state index is -0.0560. The molecule has 0 spiro atoms. The highest BCUT2D eigenvalue weighted by molar-refractivity contribution is 6.30. The number of nitrogens with one attached hydrogen (secondary N) is 1. The monoisotopic (exact) mass is 441 g/mol. The van der Waals surface area contributed by atoms with E-state index in [-0.39, 0.29) is 23.8 Å². The third-order valence-electron chi connectivity index (χ3n) is 6.11. The number of carbonyl (C=O) groups excluding carboxylic acids is 2. The Morgan fingerprint density at radius 3 is 2.23 bits per heavy atom. The van der Waals surface area contributed by atoms with Crippen LogP contribution in [-0.2, 0) is 11.2 Å². The molecule has 1 atom stereocenters. The summed E-state index contributed by atoms with van der Waals surface area (Å²) in [4.78, 5) is 29.4. The number of aryl methyl sites for hydroxylation is 1. The van der Waals surface area contributed by atoms with Crippen molar-refractivity contribution >= 4 is 23.4 Å². The van der Waals surface area contributed by atoms with Gasteiger partial charge in [0.05, 0.1) is 6.04 Å². The fourth-order valence-electron chi connectivity index (χ4n) is 4.04. The maximum atomic E-state index is 12.8. The minimum absolute atomic E-state index is 0.00118. The molecule has 31 heavy (non-hydrogen) atoms. The first kappa shape index (κ1) is 23.3. The third kappa shape index (κ3) is 6.08. The number of amides is 2. The van der Waals surface area contributed by atoms with Crippen molar-refractivity contribution in [2.45, 2.75) is 32.2 Å². The molecule has 0 aliphatic carbocycles. The first-order chi connectivity index (χ1) is 14.9. The second kappa shape index (κ2) is 10.8. The molecule has 1 saturated heterocycles. The second-order valence-corrected chi connectivity index (χ2v) is 8.83. The van der Waals surface area contributed by atoms with E-state index in [0.717, 1.165) is 6.42 Å². The molecular weight excluding hydrogens is 410 g/mol. The number of rotatable bonds is 7. The van der Waals surface area contributed by atoms with Crippen LogP contribution < -0.4 is 5.32 Å². The molecule has 3 rings (SSSR count). The summed E-state index contributed by atoms with van der Waals surface area (Å²) in [5.41, 5.74) is 3.14. The standard InChI is InChI=1S/C25H32ClN3O2/c1-4-18-5-7-19(8-6-18)23(28(2)3)17-27-24(30)20-13-15-29(16-14-20)25(31)21-9-11-22(26)12-10-21/h5-12,20,23H,4,13-17H2,1-3H3,(H,27,30)/t23-/m0/s1. The van der Waals surface area contributed by atoms with E-state index in [9.17, 15) is 9.59 Å². The normalized spacial score (nSPS) is 15.7. The average Bonchev–Trinajstić information content (AvgIpc) is 2.79. The minimum Gasteiger partial charge on any atom is -0.354 e. The van der Waals surface area contributed by atoms with Gasteiger partial charge in [-0.2, -0.15) is 0 Å². The zero-order valence-electron chi connectivity index (χ0n) is 18.6. The molecule has 2 aromatic rings. The van der Waals surface area contributed by atoms with Crippen LogP contribution in [0.1, 0.15) is 47.3 Å². The van der Waals surface area contributed by atoms with Gasteiger partial charge in [0.2, 0.25) is 5.91 Å². The molecule has 0 unspecified atom stereocenters. The fraction of sp³-hybridized carbons (Fsp3) is 0.440. The number of piperidine rings is 1. The number of likely N-dealkylation sites (N-methyl/N-ethyl adjacent to an activating group) is 1. The zero-order valence-corrected chi connectivity index (χ0v) is 19.4. The summed E-state index contributed by atoms with van der Waals surface area (Å²) < 4.78 is 0. The highest BCUT2D eigenvalue weighted by Crippen LogP contribution is 2.22. The molecular formula is C25H32ClN3O2. The van der Waals surface area contributed by atoms with Crippen LogP contribution in [0, 0.1) is 5.92 Å². The van der Waals surface area contributed by atoms with Crippen molar-refractivity contribution in [3.05, 3.63) is 70.2 Å². The Morgan fingerprint density at radius 2 is 1.68 bits per heavy atom. The number of halogens is 1. The maximum Gasteiger partial charge on any atom is 0.253 e. The van der Waals surface area contributed by atoms with Crippen molar-refractivity contribution in [1.82, 2.24) is 15.1 Å². The fourth-order valence-corrected chi connectivity index (χ4v) is 4.16. The Bertz CT molecular complexity index is 873. The van der Waals surface area contributed by atoms with Gasteiger partial charge in [-0.15, -0.1) is 0 Å². The van der Waals surface area contributed by atoms with Gasteiger partial charge < -0.3 is 15.1 Å². The van der Waals surface area contributed by atoms with E-state index in [2.05, 4.69) is 41.4 Å². The van der Waals surface area contributed by atoms with Crippen LogP contribution in [0.3, 0.4) is 0 Å². The molecule has 1 aliphatic rings. The van der Waals surface area contributed by atoms with E-state index in [1.807, 2.05) is 19.0 Å². The van der Waals surface area contributed by atoms with Crippen LogP contribution in [0.15, 0.2) is 48.5 Å². The number of hydrogen-bond acceptors (Lipinski definition) is 3. The summed E-state index contributed by atoms with van der Waals surface area (Å²) in [6.45, 7) is 3.90. The van der Waals surface area contributed by atoms with E-state index in [1.165, 1.54) is 11.1 Å². The van der Waals surface area contributed by atoms with Crippen LogP contribution in [0.2, 0.25) is 5.02 Å². The average molecular weight is 442 g/mol. The molecule has 166 valence electrons. The van der Waals surface area contributed by atoms with Gasteiger partial charge in [0, 0.05) is 36.1 Å². The summed E-state index contributed by atoms with van der Waals surface area (Å²) in [6, 6.07) is 15.7. The summed E-state index contributed by atoms with van der Waals surface area (Å²) in [5.74, 6) is 0.0221. The molecule has 0 saturated carbocycles. The lowest BCUT2D eigenvalue weighted by molar-refractivity contribution is -0.126. The van der Waals surface area contributed by atoms with Crippen molar-refractivity contribution in [1.29, 1.82) is 0 Å². The van der Waals surface area contributed by atoms with Gasteiger partial charge in [-0.1, -0.05) is 42.8 Å². The maximum absolute atomic E-state index is 12.8. The molecule has 1 aliphatic heterocycles. The first-order valence-electron chi connectivity index (χ1n) is 11.0. The zero-order chi connectivity index (χ0) is 22.4. The molecule has 2 aromatic carbocycles. The van der Waals surface area contributed by atoms with Gasteiger partial charge in [0.1, 0.15) is 0 Å². The van der Waals surface area contributed by atoms with Gasteiger partial charge in [-0.25, -0.2) is 0 Å². The van der Waals surface area contributed by atoms with Gasteiger partial charge in [-0.05, 0) is 68.8 Å². The van der Waals surface area contributed by atoms with Gasteiger partial charge in [-0.3, -0.25) is 9.59 Å². The Kier molecular flexibility index (Phi) is 8.10. The van der Waals surface area contributed by atoms with E-state index < -0.39 is 0 Å². The largest absolute Gasteiger partial charge is 0.354 e. The van der Waals surface area contributed by atoms with Crippen LogP contribution in [0.25, 0.3) is 0 Å². The van der Waals surface area contributed by atoms with Crippen LogP contribution in [0.5, 0.6) is 0 Å². The molecule has 1 N–H and O–H groups in total. The summed E-state index contributed by atoms with van der Waals surface area (Å²) in [5, 5.41) is 3.76. The van der Waals surface area contributed by atoms with Crippen molar-refractivity contribution in [2.75, 3.05) is 33.7 Å². The van der Waals surface area contributed by atoms with Gasteiger partial charge in [0.25, 0.3) is 5.91 Å². The summed E-state index contributed by atoms with van der Waals surface area (Å²) in [7, 11) is 4.07. The number of likely N-dealkylation sites (tertiary alicyclic amines) is 1. The van der Waals surface area contributed by atoms with Crippen LogP contribution in [-0.4, -0.2) is 55.3 Å². The molecule has 2 amide bonds. The summed E-state index contributed by atoms with van der Waals surface area (Å²) >= 11 is 5.91. The lowest BCUT2D eigenvalue weighted by atomic mass is 9.95. The van der Waals surface area contributed by atoms with Crippen LogP contribution in [0.4, 0.5) is 0 Å². The quantitative estimate of drug-likeness (QED) is 0.701. The highest BCUT2D eigenvalue weighted by atomic mass is 35.5. The predicted molar refractivity (Wildman–Crippen MR) is 125 cm³/mol. The molecule has 5 nitrogen and oxygen atoms in total. The number of hydrogen-bond donors (Lipinski definition) is 1. The summed E-state index contributed by atoms with van der Waals surface area (Å²) in [6.07, 6.45) is 2.38. The number of nitrogens with zero attached hydrogens (tertiary/aromatic N) is 2. The topological polar surface area (TPSA) is 52.7 Å². The molecule has 1 heterocycles. The molecule has 0 radical (unpaired) electrons. The highest BCUT2D eigenvalue weighted by Gasteiger charge is 2.28. The smallest absolute Gasteiger partial charge is 0.253 e. The lowest BCUT2D eigenvalue weighted by Gasteiger charge is -2.32. The van der Waals surface area contributed by atoms with Gasteiger partial charge in [0.15, 0.2) is 0 Å². The van der Waals surface area contributed by atoms with Crippen molar-refractivity contribution in [3.63, 3.8) is 0 Å². The Morgan fingerprint density at radius 1 is 1.06 bits per heavy atom. The molecule has 0 aromatic heterocycles. The molecule has 0 bridgehead atoms. The third-order valence-corrected chi connectivity index (χ3v) is 6.36. The van der Waals surface area contributed by atoms with Crippen LogP contribution >= 0.6 is 11.6 Å². The Balaban J connectivity index is 1.51. The number of benzene rings is 2.